The van der Waals surface area contributed by atoms with E-state index in [0.29, 0.717) is 23.7 Å². The van der Waals surface area contributed by atoms with Gasteiger partial charge in [0.25, 0.3) is 0 Å². The quantitative estimate of drug-likeness (QED) is 0.755. The highest BCUT2D eigenvalue weighted by atomic mass is 16.5. The molecule has 0 aromatic carbocycles. The Hall–Kier alpha value is -0.940. The summed E-state index contributed by atoms with van der Waals surface area (Å²) in [6.07, 6.45) is 2.69. The number of rotatable bonds is 9. The van der Waals surface area contributed by atoms with Crippen LogP contribution in [-0.2, 0) is 16.8 Å². The number of ether oxygens (including phenoxy) is 1. The average Bonchev–Trinajstić information content (AvgIpc) is 2.91. The minimum atomic E-state index is -0.466. The summed E-state index contributed by atoms with van der Waals surface area (Å²) in [7, 11) is 1.68. The van der Waals surface area contributed by atoms with Crippen LogP contribution in [0.4, 0.5) is 0 Å². The second-order valence-electron chi connectivity index (χ2n) is 5.81. The summed E-state index contributed by atoms with van der Waals surface area (Å²) >= 11 is 0. The molecule has 0 aliphatic rings. The molecular formula is C15H29N3O2. The summed E-state index contributed by atoms with van der Waals surface area (Å²) in [6.45, 7) is 11.6. The number of nitrogens with one attached hydrogen (secondary N) is 1. The zero-order valence-corrected chi connectivity index (χ0v) is 13.7. The molecule has 0 radical (unpaired) electrons. The SMILES string of the molecule is CCCNC(Cc1nc(C(C)(CC)OC)no1)C(C)C. The van der Waals surface area contributed by atoms with Gasteiger partial charge >= 0.3 is 0 Å². The van der Waals surface area contributed by atoms with Crippen LogP contribution in [0.25, 0.3) is 0 Å². The Morgan fingerprint density at radius 3 is 2.55 bits per heavy atom. The van der Waals surface area contributed by atoms with E-state index in [1.54, 1.807) is 7.11 Å². The molecule has 2 unspecified atom stereocenters. The van der Waals surface area contributed by atoms with Gasteiger partial charge in [-0.05, 0) is 32.2 Å². The molecule has 0 aliphatic heterocycles. The lowest BCUT2D eigenvalue weighted by molar-refractivity contribution is -0.0106. The van der Waals surface area contributed by atoms with Crippen LogP contribution in [0.2, 0.25) is 0 Å². The maximum atomic E-state index is 5.50. The van der Waals surface area contributed by atoms with Crippen molar-refractivity contribution in [1.82, 2.24) is 15.5 Å². The standard InChI is InChI=1S/C15H29N3O2/c1-7-9-16-12(11(3)4)10-13-17-14(18-20-13)15(5,8-2)19-6/h11-12,16H,7-10H2,1-6H3. The number of methoxy groups -OCH3 is 1. The van der Waals surface area contributed by atoms with Crippen LogP contribution in [0.3, 0.4) is 0 Å². The van der Waals surface area contributed by atoms with Crippen LogP contribution in [0, 0.1) is 5.92 Å². The second kappa shape index (κ2) is 7.74. The minimum absolute atomic E-state index is 0.360. The highest BCUT2D eigenvalue weighted by molar-refractivity contribution is 5.00. The van der Waals surface area contributed by atoms with E-state index in [2.05, 4.69) is 43.2 Å². The third kappa shape index (κ3) is 4.28. The van der Waals surface area contributed by atoms with Crippen molar-refractivity contribution in [3.8, 4) is 0 Å². The first-order valence-electron chi connectivity index (χ1n) is 7.58. The fourth-order valence-electron chi connectivity index (χ4n) is 2.01. The smallest absolute Gasteiger partial charge is 0.228 e. The summed E-state index contributed by atoms with van der Waals surface area (Å²) in [4.78, 5) is 4.51. The largest absolute Gasteiger partial charge is 0.370 e. The number of aromatic nitrogens is 2. The Balaban J connectivity index is 2.75. The predicted molar refractivity (Wildman–Crippen MR) is 79.6 cm³/mol. The molecule has 20 heavy (non-hydrogen) atoms. The van der Waals surface area contributed by atoms with E-state index in [1.807, 2.05) is 6.92 Å². The van der Waals surface area contributed by atoms with E-state index in [4.69, 9.17) is 9.26 Å². The highest BCUT2D eigenvalue weighted by Crippen LogP contribution is 2.25. The van der Waals surface area contributed by atoms with Crippen molar-refractivity contribution in [2.75, 3.05) is 13.7 Å². The first-order valence-corrected chi connectivity index (χ1v) is 7.58. The van der Waals surface area contributed by atoms with Gasteiger partial charge in [-0.25, -0.2) is 0 Å². The van der Waals surface area contributed by atoms with Crippen molar-refractivity contribution >= 4 is 0 Å². The number of hydrogen-bond donors (Lipinski definition) is 1. The maximum absolute atomic E-state index is 5.50. The summed E-state index contributed by atoms with van der Waals surface area (Å²) in [6, 6.07) is 0.360. The topological polar surface area (TPSA) is 60.2 Å². The highest BCUT2D eigenvalue weighted by Gasteiger charge is 2.30. The Labute approximate surface area is 122 Å². The first kappa shape index (κ1) is 17.1. The molecule has 0 aliphatic carbocycles. The van der Waals surface area contributed by atoms with Crippen LogP contribution in [0.5, 0.6) is 0 Å². The Bertz CT molecular complexity index is 386. The molecular weight excluding hydrogens is 254 g/mol. The molecule has 0 bridgehead atoms. The molecule has 2 atom stereocenters. The zero-order chi connectivity index (χ0) is 15.2. The summed E-state index contributed by atoms with van der Waals surface area (Å²) in [5, 5.41) is 7.62. The monoisotopic (exact) mass is 283 g/mol. The molecule has 1 rings (SSSR count). The molecule has 0 spiro atoms. The Morgan fingerprint density at radius 2 is 2.05 bits per heavy atom. The van der Waals surface area contributed by atoms with E-state index in [1.165, 1.54) is 0 Å². The molecule has 1 aromatic rings. The van der Waals surface area contributed by atoms with Gasteiger partial charge in [-0.1, -0.05) is 32.9 Å². The van der Waals surface area contributed by atoms with Crippen LogP contribution in [0.15, 0.2) is 4.52 Å². The van der Waals surface area contributed by atoms with Gasteiger partial charge in [0.2, 0.25) is 11.7 Å². The normalized spacial score (nSPS) is 16.4. The lowest BCUT2D eigenvalue weighted by Gasteiger charge is -2.22. The lowest BCUT2D eigenvalue weighted by atomic mass is 10.0. The molecule has 0 amide bonds. The van der Waals surface area contributed by atoms with Crippen LogP contribution < -0.4 is 5.32 Å². The summed E-state index contributed by atoms with van der Waals surface area (Å²) < 4.78 is 10.9. The van der Waals surface area contributed by atoms with Crippen LogP contribution >= 0.6 is 0 Å². The molecule has 1 heterocycles. The zero-order valence-electron chi connectivity index (χ0n) is 13.7. The van der Waals surface area contributed by atoms with Crippen molar-refractivity contribution in [3.05, 3.63) is 11.7 Å². The molecule has 0 saturated carbocycles. The fourth-order valence-corrected chi connectivity index (χ4v) is 2.01. The third-order valence-corrected chi connectivity index (χ3v) is 3.92. The van der Waals surface area contributed by atoms with Gasteiger partial charge in [0.1, 0.15) is 5.60 Å². The van der Waals surface area contributed by atoms with E-state index >= 15 is 0 Å². The molecule has 5 nitrogen and oxygen atoms in total. The van der Waals surface area contributed by atoms with Gasteiger partial charge in [-0.15, -0.1) is 0 Å². The molecule has 0 fully saturated rings. The molecule has 5 heteroatoms. The molecule has 1 N–H and O–H groups in total. The van der Waals surface area contributed by atoms with Crippen molar-refractivity contribution in [1.29, 1.82) is 0 Å². The second-order valence-corrected chi connectivity index (χ2v) is 5.81. The third-order valence-electron chi connectivity index (χ3n) is 3.92. The van der Waals surface area contributed by atoms with Crippen LogP contribution in [-0.4, -0.2) is 29.8 Å². The van der Waals surface area contributed by atoms with Crippen molar-refractivity contribution in [2.45, 2.75) is 65.5 Å². The molecule has 0 saturated heterocycles. The van der Waals surface area contributed by atoms with Gasteiger partial charge in [0.15, 0.2) is 0 Å². The van der Waals surface area contributed by atoms with Gasteiger partial charge < -0.3 is 14.6 Å². The maximum Gasteiger partial charge on any atom is 0.228 e. The number of nitrogens with zero attached hydrogens (tertiary/aromatic N) is 2. The van der Waals surface area contributed by atoms with Crippen molar-refractivity contribution < 1.29 is 9.26 Å². The van der Waals surface area contributed by atoms with Crippen molar-refractivity contribution in [3.63, 3.8) is 0 Å². The van der Waals surface area contributed by atoms with Gasteiger partial charge in [0.05, 0.1) is 0 Å². The lowest BCUT2D eigenvalue weighted by Crippen LogP contribution is -2.36. The average molecular weight is 283 g/mol. The van der Waals surface area contributed by atoms with Crippen LogP contribution in [0.1, 0.15) is 59.2 Å². The Morgan fingerprint density at radius 1 is 1.35 bits per heavy atom. The fraction of sp³-hybridized carbons (Fsp3) is 0.867. The molecule has 116 valence electrons. The first-order chi connectivity index (χ1) is 9.46. The minimum Gasteiger partial charge on any atom is -0.370 e. The summed E-state index contributed by atoms with van der Waals surface area (Å²) in [5.74, 6) is 1.84. The van der Waals surface area contributed by atoms with Gasteiger partial charge in [-0.3, -0.25) is 0 Å². The van der Waals surface area contributed by atoms with E-state index in [9.17, 15) is 0 Å². The van der Waals surface area contributed by atoms with Gasteiger partial charge in [0, 0.05) is 19.6 Å². The van der Waals surface area contributed by atoms with Gasteiger partial charge in [-0.2, -0.15) is 4.98 Å². The number of hydrogen-bond acceptors (Lipinski definition) is 5. The van der Waals surface area contributed by atoms with E-state index < -0.39 is 5.60 Å². The van der Waals surface area contributed by atoms with Crippen molar-refractivity contribution in [2.24, 2.45) is 5.92 Å². The summed E-state index contributed by atoms with van der Waals surface area (Å²) in [5.41, 5.74) is -0.466. The predicted octanol–water partition coefficient (Wildman–Crippen LogP) is 2.91. The molecule has 1 aromatic heterocycles. The van der Waals surface area contributed by atoms with E-state index in [-0.39, 0.29) is 0 Å². The Kier molecular flexibility index (Phi) is 6.62. The van der Waals surface area contributed by atoms with E-state index in [0.717, 1.165) is 25.8 Å².